The van der Waals surface area contributed by atoms with Crippen molar-refractivity contribution >= 4 is 5.82 Å². The van der Waals surface area contributed by atoms with Crippen molar-refractivity contribution < 1.29 is 0 Å². The molecule has 0 radical (unpaired) electrons. The second-order valence-corrected chi connectivity index (χ2v) is 3.89. The summed E-state index contributed by atoms with van der Waals surface area (Å²) in [6, 6.07) is 0. The first-order valence-corrected chi connectivity index (χ1v) is 4.96. The van der Waals surface area contributed by atoms with Crippen LogP contribution < -0.4 is 5.73 Å². The molecule has 0 amide bonds. The van der Waals surface area contributed by atoms with Crippen LogP contribution in [-0.4, -0.2) is 25.0 Å². The maximum absolute atomic E-state index is 5.84. The molecule has 2 heterocycles. The van der Waals surface area contributed by atoms with Gasteiger partial charge < -0.3 is 5.73 Å². The third-order valence-corrected chi connectivity index (χ3v) is 2.69. The second-order valence-electron chi connectivity index (χ2n) is 3.89. The number of anilines is 1. The summed E-state index contributed by atoms with van der Waals surface area (Å²) < 4.78 is 1.61. The van der Waals surface area contributed by atoms with E-state index in [1.54, 1.807) is 17.9 Å². The van der Waals surface area contributed by atoms with Gasteiger partial charge in [-0.3, -0.25) is 9.78 Å². The van der Waals surface area contributed by atoms with E-state index in [2.05, 4.69) is 20.3 Å². The fourth-order valence-electron chi connectivity index (χ4n) is 1.55. The number of aromatic nitrogens is 5. The minimum atomic E-state index is 0.573. The van der Waals surface area contributed by atoms with Gasteiger partial charge >= 0.3 is 0 Å². The zero-order valence-corrected chi connectivity index (χ0v) is 8.44. The number of aromatic amines is 1. The molecule has 0 spiro atoms. The molecule has 0 unspecified atom stereocenters. The Morgan fingerprint density at radius 2 is 2.33 bits per heavy atom. The zero-order valence-electron chi connectivity index (χ0n) is 8.44. The SMILES string of the molecule is Cn1ncc(-c2n[nH]c(C3CC3)n2)c1N. The van der Waals surface area contributed by atoms with E-state index in [0.717, 1.165) is 11.4 Å². The van der Waals surface area contributed by atoms with E-state index in [0.29, 0.717) is 17.6 Å². The summed E-state index contributed by atoms with van der Waals surface area (Å²) in [4.78, 5) is 4.42. The smallest absolute Gasteiger partial charge is 0.186 e. The molecule has 6 nitrogen and oxygen atoms in total. The molecule has 2 aromatic heterocycles. The summed E-state index contributed by atoms with van der Waals surface area (Å²) in [7, 11) is 1.80. The van der Waals surface area contributed by atoms with E-state index in [4.69, 9.17) is 5.73 Å². The highest BCUT2D eigenvalue weighted by molar-refractivity contribution is 5.67. The molecule has 1 aliphatic rings. The van der Waals surface area contributed by atoms with Gasteiger partial charge in [-0.05, 0) is 12.8 Å². The van der Waals surface area contributed by atoms with Crippen LogP contribution in [-0.2, 0) is 7.05 Å². The van der Waals surface area contributed by atoms with Gasteiger partial charge in [0.1, 0.15) is 11.6 Å². The van der Waals surface area contributed by atoms with Crippen molar-refractivity contribution in [3.8, 4) is 11.4 Å². The predicted molar refractivity (Wildman–Crippen MR) is 55.0 cm³/mol. The standard InChI is InChI=1S/C9H12N6/c1-15-7(10)6(4-11-15)9-12-8(13-14-9)5-2-3-5/h4-5H,2-3,10H2,1H3,(H,12,13,14). The molecule has 0 saturated heterocycles. The van der Waals surface area contributed by atoms with Gasteiger partial charge in [0.05, 0.1) is 11.8 Å². The summed E-state index contributed by atoms with van der Waals surface area (Å²) in [5.74, 6) is 2.77. The molecule has 15 heavy (non-hydrogen) atoms. The topological polar surface area (TPSA) is 85.4 Å². The van der Waals surface area contributed by atoms with Crippen LogP contribution >= 0.6 is 0 Å². The molecule has 1 fully saturated rings. The average Bonchev–Trinajstić information content (AvgIpc) is 2.89. The Bertz CT molecular complexity index is 492. The van der Waals surface area contributed by atoms with Crippen LogP contribution in [0.2, 0.25) is 0 Å². The summed E-state index contributed by atoms with van der Waals surface area (Å²) >= 11 is 0. The Labute approximate surface area is 86.5 Å². The van der Waals surface area contributed by atoms with Gasteiger partial charge in [-0.25, -0.2) is 4.98 Å². The highest BCUT2D eigenvalue weighted by Gasteiger charge is 2.27. The van der Waals surface area contributed by atoms with Gasteiger partial charge in [0.15, 0.2) is 5.82 Å². The third kappa shape index (κ3) is 1.29. The number of H-pyrrole nitrogens is 1. The first-order valence-electron chi connectivity index (χ1n) is 4.96. The Morgan fingerprint density at radius 1 is 1.53 bits per heavy atom. The molecule has 3 rings (SSSR count). The molecule has 1 aliphatic carbocycles. The molecule has 0 atom stereocenters. The lowest BCUT2D eigenvalue weighted by Gasteiger charge is -1.94. The molecule has 2 aromatic rings. The highest BCUT2D eigenvalue weighted by Crippen LogP contribution is 2.38. The van der Waals surface area contributed by atoms with E-state index in [-0.39, 0.29) is 0 Å². The van der Waals surface area contributed by atoms with E-state index in [9.17, 15) is 0 Å². The van der Waals surface area contributed by atoms with Crippen LogP contribution in [0.5, 0.6) is 0 Å². The van der Waals surface area contributed by atoms with Crippen molar-refractivity contribution in [1.82, 2.24) is 25.0 Å². The number of hydrogen-bond acceptors (Lipinski definition) is 4. The molecule has 78 valence electrons. The van der Waals surface area contributed by atoms with Crippen molar-refractivity contribution in [3.63, 3.8) is 0 Å². The van der Waals surface area contributed by atoms with E-state index in [1.165, 1.54) is 12.8 Å². The van der Waals surface area contributed by atoms with E-state index < -0.39 is 0 Å². The quantitative estimate of drug-likeness (QED) is 0.752. The third-order valence-electron chi connectivity index (χ3n) is 2.69. The summed E-state index contributed by atoms with van der Waals surface area (Å²) in [6.45, 7) is 0. The molecule has 1 saturated carbocycles. The van der Waals surface area contributed by atoms with Crippen molar-refractivity contribution in [3.05, 3.63) is 12.0 Å². The van der Waals surface area contributed by atoms with Gasteiger partial charge in [0, 0.05) is 13.0 Å². The zero-order chi connectivity index (χ0) is 10.4. The Hall–Kier alpha value is -1.85. The summed E-state index contributed by atoms with van der Waals surface area (Å²) in [6.07, 6.45) is 4.10. The molecule has 6 heteroatoms. The minimum Gasteiger partial charge on any atom is -0.383 e. The van der Waals surface area contributed by atoms with Crippen LogP contribution in [0.15, 0.2) is 6.20 Å². The Morgan fingerprint density at radius 3 is 2.93 bits per heavy atom. The first-order chi connectivity index (χ1) is 7.25. The molecule has 0 bridgehead atoms. The number of nitrogen functional groups attached to an aromatic ring is 1. The Balaban J connectivity index is 2.00. The number of hydrogen-bond donors (Lipinski definition) is 2. The predicted octanol–water partition coefficient (Wildman–Crippen LogP) is 0.665. The van der Waals surface area contributed by atoms with Crippen LogP contribution in [0.3, 0.4) is 0 Å². The summed E-state index contributed by atoms with van der Waals surface area (Å²) in [5.41, 5.74) is 6.63. The lowest BCUT2D eigenvalue weighted by atomic mass is 10.3. The van der Waals surface area contributed by atoms with Crippen molar-refractivity contribution in [1.29, 1.82) is 0 Å². The van der Waals surface area contributed by atoms with Crippen LogP contribution in [0.4, 0.5) is 5.82 Å². The number of nitrogens with two attached hydrogens (primary N) is 1. The van der Waals surface area contributed by atoms with Gasteiger partial charge in [-0.15, -0.1) is 0 Å². The van der Waals surface area contributed by atoms with Crippen molar-refractivity contribution in [2.24, 2.45) is 7.05 Å². The Kier molecular flexibility index (Phi) is 1.59. The molecular formula is C9H12N6. The van der Waals surface area contributed by atoms with E-state index in [1.807, 2.05) is 0 Å². The number of nitrogens with zero attached hydrogens (tertiary/aromatic N) is 4. The highest BCUT2D eigenvalue weighted by atomic mass is 15.3. The fraction of sp³-hybridized carbons (Fsp3) is 0.444. The van der Waals surface area contributed by atoms with Gasteiger partial charge in [0.2, 0.25) is 0 Å². The van der Waals surface area contributed by atoms with Crippen molar-refractivity contribution in [2.45, 2.75) is 18.8 Å². The van der Waals surface area contributed by atoms with Crippen molar-refractivity contribution in [2.75, 3.05) is 5.73 Å². The largest absolute Gasteiger partial charge is 0.383 e. The molecular weight excluding hydrogens is 192 g/mol. The van der Waals surface area contributed by atoms with Gasteiger partial charge in [-0.1, -0.05) is 0 Å². The molecule has 0 aliphatic heterocycles. The van der Waals surface area contributed by atoms with Gasteiger partial charge in [0.25, 0.3) is 0 Å². The first kappa shape index (κ1) is 8.46. The lowest BCUT2D eigenvalue weighted by Crippen LogP contribution is -1.98. The lowest BCUT2D eigenvalue weighted by molar-refractivity contribution is 0.779. The minimum absolute atomic E-state index is 0.573. The van der Waals surface area contributed by atoms with Crippen LogP contribution in [0.1, 0.15) is 24.6 Å². The number of nitrogens with one attached hydrogen (secondary N) is 1. The average molecular weight is 204 g/mol. The molecule has 0 aromatic carbocycles. The van der Waals surface area contributed by atoms with E-state index >= 15 is 0 Å². The van der Waals surface area contributed by atoms with Crippen LogP contribution in [0, 0.1) is 0 Å². The normalized spacial score (nSPS) is 15.8. The monoisotopic (exact) mass is 204 g/mol. The van der Waals surface area contributed by atoms with Gasteiger partial charge in [-0.2, -0.15) is 10.2 Å². The maximum atomic E-state index is 5.84. The number of rotatable bonds is 2. The maximum Gasteiger partial charge on any atom is 0.186 e. The summed E-state index contributed by atoms with van der Waals surface area (Å²) in [5, 5.41) is 11.2. The number of aryl methyl sites for hydroxylation is 1. The fourth-order valence-corrected chi connectivity index (χ4v) is 1.55. The van der Waals surface area contributed by atoms with Crippen LogP contribution in [0.25, 0.3) is 11.4 Å². The second kappa shape index (κ2) is 2.82. The molecule has 3 N–H and O–H groups in total.